The maximum atomic E-state index is 12.5. The number of benzene rings is 1. The van der Waals surface area contributed by atoms with Crippen LogP contribution < -0.4 is 16.6 Å². The van der Waals surface area contributed by atoms with Gasteiger partial charge in [0.2, 0.25) is 0 Å². The van der Waals surface area contributed by atoms with E-state index < -0.39 is 17.2 Å². The second-order valence-electron chi connectivity index (χ2n) is 5.54. The summed E-state index contributed by atoms with van der Waals surface area (Å²) in [7, 11) is 0. The van der Waals surface area contributed by atoms with Crippen LogP contribution in [0.25, 0.3) is 0 Å². The van der Waals surface area contributed by atoms with Crippen LogP contribution >= 0.6 is 23.2 Å². The Labute approximate surface area is 145 Å². The number of fused-ring (bicyclic) bond motifs is 2. The summed E-state index contributed by atoms with van der Waals surface area (Å²) >= 11 is 12.2. The van der Waals surface area contributed by atoms with E-state index >= 15 is 0 Å². The molecule has 0 saturated carbocycles. The lowest BCUT2D eigenvalue weighted by molar-refractivity contribution is 0.881. The van der Waals surface area contributed by atoms with Gasteiger partial charge in [0.15, 0.2) is 5.82 Å². The van der Waals surface area contributed by atoms with E-state index in [1.165, 1.54) is 0 Å². The van der Waals surface area contributed by atoms with Gasteiger partial charge in [-0.15, -0.1) is 0 Å². The van der Waals surface area contributed by atoms with Gasteiger partial charge in [-0.2, -0.15) is 5.10 Å². The number of aromatic amines is 3. The van der Waals surface area contributed by atoms with Gasteiger partial charge in [-0.1, -0.05) is 29.3 Å². The summed E-state index contributed by atoms with van der Waals surface area (Å²) in [5.74, 6) is 0.432. The molecule has 7 nitrogen and oxygen atoms in total. The number of hydrogen-bond acceptors (Lipinski definition) is 4. The zero-order valence-electron chi connectivity index (χ0n) is 12.3. The molecule has 1 aliphatic heterocycles. The van der Waals surface area contributed by atoms with Crippen LogP contribution in [-0.2, 0) is 0 Å². The average molecular weight is 364 g/mol. The first-order valence-electron chi connectivity index (χ1n) is 7.09. The highest BCUT2D eigenvalue weighted by Crippen LogP contribution is 2.43. The van der Waals surface area contributed by atoms with Crippen molar-refractivity contribution in [1.29, 1.82) is 0 Å². The molecule has 122 valence electrons. The van der Waals surface area contributed by atoms with Gasteiger partial charge in [0.1, 0.15) is 5.82 Å². The molecule has 3 heterocycles. The summed E-state index contributed by atoms with van der Waals surface area (Å²) in [6.07, 6.45) is 0. The molecule has 0 aliphatic carbocycles. The van der Waals surface area contributed by atoms with E-state index in [1.54, 1.807) is 18.2 Å². The molecule has 0 saturated heterocycles. The molecule has 4 N–H and O–H groups in total. The fourth-order valence-corrected chi connectivity index (χ4v) is 3.35. The molecule has 0 unspecified atom stereocenters. The summed E-state index contributed by atoms with van der Waals surface area (Å²) < 4.78 is 0. The third-order valence-electron chi connectivity index (χ3n) is 4.07. The zero-order valence-corrected chi connectivity index (χ0v) is 13.8. The Kier molecular flexibility index (Phi) is 3.29. The summed E-state index contributed by atoms with van der Waals surface area (Å²) in [5, 5.41) is 10.9. The van der Waals surface area contributed by atoms with Crippen molar-refractivity contribution in [3.63, 3.8) is 0 Å². The van der Waals surface area contributed by atoms with Crippen LogP contribution in [0.15, 0.2) is 27.8 Å². The summed E-state index contributed by atoms with van der Waals surface area (Å²) in [4.78, 5) is 28.9. The van der Waals surface area contributed by atoms with Crippen molar-refractivity contribution in [1.82, 2.24) is 20.2 Å². The van der Waals surface area contributed by atoms with Crippen LogP contribution in [0.4, 0.5) is 11.6 Å². The maximum absolute atomic E-state index is 12.5. The summed E-state index contributed by atoms with van der Waals surface area (Å²) in [5.41, 5.74) is 1.74. The third-order valence-corrected chi connectivity index (χ3v) is 4.81. The van der Waals surface area contributed by atoms with Crippen molar-refractivity contribution in [2.75, 3.05) is 5.32 Å². The maximum Gasteiger partial charge on any atom is 0.327 e. The quantitative estimate of drug-likeness (QED) is 0.417. The average Bonchev–Trinajstić information content (AvgIpc) is 2.89. The molecule has 1 atom stereocenters. The number of anilines is 2. The van der Waals surface area contributed by atoms with Crippen LogP contribution in [-0.4, -0.2) is 20.2 Å². The number of aromatic nitrogens is 4. The SMILES string of the molecule is Cc1[nH]nc2c1[C@@H](c1ccc(Cl)c(Cl)c1)c1c([nH]c(=O)[nH]c1=O)N2. The van der Waals surface area contributed by atoms with Crippen molar-refractivity contribution in [3.05, 3.63) is 71.5 Å². The zero-order chi connectivity index (χ0) is 17.0. The first-order valence-corrected chi connectivity index (χ1v) is 7.84. The number of hydrogen-bond donors (Lipinski definition) is 4. The molecule has 3 aromatic rings. The van der Waals surface area contributed by atoms with Crippen LogP contribution in [0.1, 0.15) is 28.3 Å². The molecule has 0 radical (unpaired) electrons. The summed E-state index contributed by atoms with van der Waals surface area (Å²) in [6.45, 7) is 1.86. The van der Waals surface area contributed by atoms with Gasteiger partial charge in [0, 0.05) is 17.2 Å². The second kappa shape index (κ2) is 5.25. The first-order chi connectivity index (χ1) is 11.5. The van der Waals surface area contributed by atoms with Gasteiger partial charge < -0.3 is 5.32 Å². The number of aryl methyl sites for hydroxylation is 1. The lowest BCUT2D eigenvalue weighted by atomic mass is 9.83. The van der Waals surface area contributed by atoms with Crippen molar-refractivity contribution in [3.8, 4) is 0 Å². The predicted octanol–water partition coefficient (Wildman–Crippen LogP) is 2.64. The topological polar surface area (TPSA) is 106 Å². The fraction of sp³-hybridized carbons (Fsp3) is 0.133. The Balaban J connectivity index is 2.05. The van der Waals surface area contributed by atoms with Crippen molar-refractivity contribution in [2.24, 2.45) is 0 Å². The molecule has 0 bridgehead atoms. The van der Waals surface area contributed by atoms with E-state index in [4.69, 9.17) is 23.2 Å². The number of halogens is 2. The third kappa shape index (κ3) is 2.16. The molecule has 1 aromatic carbocycles. The smallest absolute Gasteiger partial charge is 0.324 e. The van der Waals surface area contributed by atoms with Gasteiger partial charge >= 0.3 is 5.69 Å². The van der Waals surface area contributed by atoms with Gasteiger partial charge in [0.05, 0.1) is 15.6 Å². The molecule has 0 fully saturated rings. The predicted molar refractivity (Wildman–Crippen MR) is 91.7 cm³/mol. The van der Waals surface area contributed by atoms with Gasteiger partial charge in [-0.25, -0.2) is 4.79 Å². The lowest BCUT2D eigenvalue weighted by Gasteiger charge is -2.25. The van der Waals surface area contributed by atoms with Crippen LogP contribution in [0.3, 0.4) is 0 Å². The minimum absolute atomic E-state index is 0.318. The fourth-order valence-electron chi connectivity index (χ4n) is 3.04. The monoisotopic (exact) mass is 363 g/mol. The standard InChI is InChI=1S/C15H11Cl2N5O2/c1-5-9-10(6-2-3-7(16)8(17)4-6)11-12(18-13(9)22-21-5)19-15(24)20-14(11)23/h2-4,10H,1H3,(H4,18,19,20,21,22,23,24)/t10-/m1/s1. The molecule has 24 heavy (non-hydrogen) atoms. The van der Waals surface area contributed by atoms with Crippen molar-refractivity contribution < 1.29 is 0 Å². The van der Waals surface area contributed by atoms with Crippen molar-refractivity contribution >= 4 is 34.8 Å². The van der Waals surface area contributed by atoms with E-state index in [-0.39, 0.29) is 0 Å². The van der Waals surface area contributed by atoms with E-state index in [9.17, 15) is 9.59 Å². The molecule has 4 rings (SSSR count). The largest absolute Gasteiger partial charge is 0.327 e. The highest BCUT2D eigenvalue weighted by molar-refractivity contribution is 6.42. The van der Waals surface area contributed by atoms with Gasteiger partial charge in [-0.05, 0) is 24.6 Å². The molecular weight excluding hydrogens is 353 g/mol. The molecule has 1 aliphatic rings. The Hall–Kier alpha value is -2.51. The minimum Gasteiger partial charge on any atom is -0.324 e. The van der Waals surface area contributed by atoms with E-state index in [2.05, 4.69) is 25.5 Å². The van der Waals surface area contributed by atoms with Gasteiger partial charge in [-0.3, -0.25) is 19.9 Å². The van der Waals surface area contributed by atoms with Crippen LogP contribution in [0, 0.1) is 6.92 Å². The highest BCUT2D eigenvalue weighted by atomic mass is 35.5. The van der Waals surface area contributed by atoms with Crippen molar-refractivity contribution in [2.45, 2.75) is 12.8 Å². The molecule has 0 spiro atoms. The summed E-state index contributed by atoms with van der Waals surface area (Å²) in [6, 6.07) is 5.19. The number of H-pyrrole nitrogens is 3. The lowest BCUT2D eigenvalue weighted by Crippen LogP contribution is -2.31. The minimum atomic E-state index is -0.588. The Morgan fingerprint density at radius 3 is 2.62 bits per heavy atom. The molecule has 9 heteroatoms. The van der Waals surface area contributed by atoms with E-state index in [0.717, 1.165) is 16.8 Å². The number of nitrogens with zero attached hydrogens (tertiary/aromatic N) is 1. The van der Waals surface area contributed by atoms with E-state index in [0.29, 0.717) is 27.2 Å². The molecule has 0 amide bonds. The van der Waals surface area contributed by atoms with Gasteiger partial charge in [0.25, 0.3) is 5.56 Å². The molecular formula is C15H11Cl2N5O2. The normalized spacial score (nSPS) is 15.5. The molecule has 2 aromatic heterocycles. The number of nitrogens with one attached hydrogen (secondary N) is 4. The Bertz CT molecular complexity index is 1080. The Morgan fingerprint density at radius 1 is 1.08 bits per heavy atom. The number of rotatable bonds is 1. The highest BCUT2D eigenvalue weighted by Gasteiger charge is 2.34. The second-order valence-corrected chi connectivity index (χ2v) is 6.35. The van der Waals surface area contributed by atoms with E-state index in [1.807, 2.05) is 6.92 Å². The first kappa shape index (κ1) is 15.0. The van der Waals surface area contributed by atoms with Crippen LogP contribution in [0.5, 0.6) is 0 Å². The van der Waals surface area contributed by atoms with Crippen LogP contribution in [0.2, 0.25) is 10.0 Å². The Morgan fingerprint density at radius 2 is 1.88 bits per heavy atom.